The number of hydrogen-bond acceptors (Lipinski definition) is 6. The summed E-state index contributed by atoms with van der Waals surface area (Å²) in [4.78, 5) is 28.9. The van der Waals surface area contributed by atoms with Crippen LogP contribution in [0, 0.1) is 12.8 Å². The third kappa shape index (κ3) is 3.40. The summed E-state index contributed by atoms with van der Waals surface area (Å²) in [5, 5.41) is 11.3. The smallest absolute Gasteiger partial charge is 0.227 e. The van der Waals surface area contributed by atoms with Crippen LogP contribution in [0.2, 0.25) is 0 Å². The minimum atomic E-state index is -0.0840. The van der Waals surface area contributed by atoms with Crippen LogP contribution in [0.25, 0.3) is 0 Å². The minimum absolute atomic E-state index is 0.0585. The molecular formula is C15H24N6O3. The molecule has 0 aliphatic carbocycles. The maximum atomic E-state index is 12.6. The molecule has 132 valence electrons. The van der Waals surface area contributed by atoms with Crippen molar-refractivity contribution >= 4 is 11.8 Å². The average Bonchev–Trinajstić information content (AvgIpc) is 2.80. The lowest BCUT2D eigenvalue weighted by atomic mass is 9.94. The van der Waals surface area contributed by atoms with Gasteiger partial charge in [0.05, 0.1) is 19.1 Å². The Morgan fingerprint density at radius 2 is 2.12 bits per heavy atom. The van der Waals surface area contributed by atoms with Gasteiger partial charge < -0.3 is 14.5 Å². The molecule has 4 rings (SSSR count). The van der Waals surface area contributed by atoms with Gasteiger partial charge in [-0.2, -0.15) is 0 Å². The fraction of sp³-hybridized carbons (Fsp3) is 0.800. The zero-order chi connectivity index (χ0) is 17.1. The van der Waals surface area contributed by atoms with Crippen molar-refractivity contribution < 1.29 is 14.3 Å². The second kappa shape index (κ2) is 7.25. The molecule has 3 fully saturated rings. The maximum absolute atomic E-state index is 12.6. The molecule has 0 saturated carbocycles. The number of rotatable bonds is 6. The van der Waals surface area contributed by atoms with Crippen LogP contribution < -0.4 is 0 Å². The SMILES string of the molecule is COCCN1C(=O)[C@@H]2CC[C@H]1CN(C(=O)CCn1nnnc1C)C2. The molecular weight excluding hydrogens is 312 g/mol. The number of aromatic nitrogens is 4. The largest absolute Gasteiger partial charge is 0.383 e. The van der Waals surface area contributed by atoms with Gasteiger partial charge in [-0.05, 0) is 30.2 Å². The first-order valence-electron chi connectivity index (χ1n) is 8.40. The van der Waals surface area contributed by atoms with Gasteiger partial charge in [0.1, 0.15) is 5.82 Å². The molecule has 0 radical (unpaired) electrons. The van der Waals surface area contributed by atoms with E-state index >= 15 is 0 Å². The number of aryl methyl sites for hydroxylation is 2. The highest BCUT2D eigenvalue weighted by molar-refractivity contribution is 5.83. The normalized spacial score (nSPS) is 23.7. The molecule has 24 heavy (non-hydrogen) atoms. The zero-order valence-electron chi connectivity index (χ0n) is 14.2. The lowest BCUT2D eigenvalue weighted by Crippen LogP contribution is -2.49. The molecule has 3 saturated heterocycles. The first-order chi connectivity index (χ1) is 11.6. The Morgan fingerprint density at radius 1 is 1.29 bits per heavy atom. The number of ether oxygens (including phenoxy) is 1. The van der Waals surface area contributed by atoms with Gasteiger partial charge in [0.2, 0.25) is 11.8 Å². The Hall–Kier alpha value is -2.03. The lowest BCUT2D eigenvalue weighted by molar-refractivity contribution is -0.140. The van der Waals surface area contributed by atoms with Crippen LogP contribution >= 0.6 is 0 Å². The van der Waals surface area contributed by atoms with Crippen molar-refractivity contribution in [3.63, 3.8) is 0 Å². The number of carbonyl (C=O) groups excluding carboxylic acids is 2. The monoisotopic (exact) mass is 336 g/mol. The average molecular weight is 336 g/mol. The van der Waals surface area contributed by atoms with Crippen LogP contribution in [0.1, 0.15) is 25.1 Å². The van der Waals surface area contributed by atoms with Crippen LogP contribution in [0.3, 0.4) is 0 Å². The summed E-state index contributed by atoms with van der Waals surface area (Å²) in [6.45, 7) is 4.53. The highest BCUT2D eigenvalue weighted by Gasteiger charge is 2.41. The third-order valence-corrected chi connectivity index (χ3v) is 4.93. The van der Waals surface area contributed by atoms with Crippen LogP contribution in [0.5, 0.6) is 0 Å². The molecule has 3 aliphatic rings. The number of amides is 2. The number of nitrogens with zero attached hydrogens (tertiary/aromatic N) is 6. The van der Waals surface area contributed by atoms with Crippen molar-refractivity contribution in [1.82, 2.24) is 30.0 Å². The number of hydrogen-bond donors (Lipinski definition) is 0. The van der Waals surface area contributed by atoms with Gasteiger partial charge in [0.25, 0.3) is 0 Å². The summed E-state index contributed by atoms with van der Waals surface area (Å²) < 4.78 is 6.74. The quantitative estimate of drug-likeness (QED) is 0.693. The second-order valence-electron chi connectivity index (χ2n) is 6.45. The van der Waals surface area contributed by atoms with E-state index in [1.807, 2.05) is 16.7 Å². The summed E-state index contributed by atoms with van der Waals surface area (Å²) >= 11 is 0. The van der Waals surface area contributed by atoms with E-state index in [2.05, 4.69) is 15.5 Å². The fourth-order valence-electron chi connectivity index (χ4n) is 3.54. The first-order valence-corrected chi connectivity index (χ1v) is 8.40. The van der Waals surface area contributed by atoms with Crippen molar-refractivity contribution in [2.24, 2.45) is 5.92 Å². The highest BCUT2D eigenvalue weighted by atomic mass is 16.5. The lowest BCUT2D eigenvalue weighted by Gasteiger charge is -2.35. The van der Waals surface area contributed by atoms with Gasteiger partial charge in [0.15, 0.2) is 0 Å². The van der Waals surface area contributed by atoms with E-state index in [-0.39, 0.29) is 23.8 Å². The summed E-state index contributed by atoms with van der Waals surface area (Å²) in [7, 11) is 1.64. The topological polar surface area (TPSA) is 93.5 Å². The molecule has 0 unspecified atom stereocenters. The number of carbonyl (C=O) groups is 2. The Labute approximate surface area is 140 Å². The Balaban J connectivity index is 1.62. The molecule has 9 nitrogen and oxygen atoms in total. The van der Waals surface area contributed by atoms with Crippen molar-refractivity contribution in [3.8, 4) is 0 Å². The van der Waals surface area contributed by atoms with E-state index in [1.165, 1.54) is 0 Å². The molecule has 2 amide bonds. The molecule has 3 aliphatic heterocycles. The van der Waals surface area contributed by atoms with Gasteiger partial charge in [0, 0.05) is 39.2 Å². The van der Waals surface area contributed by atoms with Crippen molar-refractivity contribution in [2.75, 3.05) is 33.4 Å². The first kappa shape index (κ1) is 16.8. The van der Waals surface area contributed by atoms with Gasteiger partial charge in [-0.3, -0.25) is 9.59 Å². The number of methoxy groups -OCH3 is 1. The van der Waals surface area contributed by atoms with Crippen molar-refractivity contribution in [1.29, 1.82) is 0 Å². The van der Waals surface area contributed by atoms with E-state index in [9.17, 15) is 9.59 Å². The summed E-state index contributed by atoms with van der Waals surface area (Å²) in [6, 6.07) is 0.102. The van der Waals surface area contributed by atoms with E-state index in [0.29, 0.717) is 45.0 Å². The highest BCUT2D eigenvalue weighted by Crippen LogP contribution is 2.29. The van der Waals surface area contributed by atoms with Gasteiger partial charge in [-0.15, -0.1) is 5.10 Å². The van der Waals surface area contributed by atoms with Crippen LogP contribution in [0.15, 0.2) is 0 Å². The van der Waals surface area contributed by atoms with Gasteiger partial charge in [-0.1, -0.05) is 0 Å². The fourth-order valence-corrected chi connectivity index (χ4v) is 3.54. The predicted octanol–water partition coefficient (Wildman–Crippen LogP) is -0.533. The standard InChI is InChI=1S/C15H24N6O3/c1-11-16-17-18-21(11)6-5-14(22)19-9-12-3-4-13(10-19)20(15(12)23)7-8-24-2/h12-13H,3-10H2,1-2H3/t12-,13+/m1/s1. The zero-order valence-corrected chi connectivity index (χ0v) is 14.2. The molecule has 1 aromatic heterocycles. The van der Waals surface area contributed by atoms with Crippen LogP contribution in [-0.4, -0.2) is 81.2 Å². The van der Waals surface area contributed by atoms with E-state index in [0.717, 1.165) is 12.8 Å². The molecule has 9 heteroatoms. The second-order valence-corrected chi connectivity index (χ2v) is 6.45. The number of tetrazole rings is 1. The Morgan fingerprint density at radius 3 is 2.83 bits per heavy atom. The van der Waals surface area contributed by atoms with Crippen LogP contribution in [0.4, 0.5) is 0 Å². The number of piperidine rings is 1. The molecule has 2 atom stereocenters. The third-order valence-electron chi connectivity index (χ3n) is 4.93. The summed E-state index contributed by atoms with van der Waals surface area (Å²) in [5.74, 6) is 0.831. The Kier molecular flexibility index (Phi) is 5.08. The van der Waals surface area contributed by atoms with Crippen molar-refractivity contribution in [2.45, 2.75) is 38.8 Å². The maximum Gasteiger partial charge on any atom is 0.227 e. The molecule has 4 heterocycles. The van der Waals surface area contributed by atoms with Crippen LogP contribution in [-0.2, 0) is 20.9 Å². The molecule has 2 bridgehead atoms. The summed E-state index contributed by atoms with van der Waals surface area (Å²) in [5.41, 5.74) is 0. The molecule has 1 aromatic rings. The summed E-state index contributed by atoms with van der Waals surface area (Å²) in [6.07, 6.45) is 2.16. The molecule has 0 aromatic carbocycles. The Bertz CT molecular complexity index is 604. The van der Waals surface area contributed by atoms with Gasteiger partial charge in [-0.25, -0.2) is 4.68 Å². The van der Waals surface area contributed by atoms with E-state index in [1.54, 1.807) is 11.8 Å². The number of fused-ring (bicyclic) bond motifs is 4. The van der Waals surface area contributed by atoms with Crippen molar-refractivity contribution in [3.05, 3.63) is 5.82 Å². The molecule has 0 N–H and O–H groups in total. The van der Waals surface area contributed by atoms with Gasteiger partial charge >= 0.3 is 0 Å². The van der Waals surface area contributed by atoms with E-state index < -0.39 is 0 Å². The van der Waals surface area contributed by atoms with E-state index in [4.69, 9.17) is 4.74 Å². The minimum Gasteiger partial charge on any atom is -0.383 e. The molecule has 0 spiro atoms. The predicted molar refractivity (Wildman–Crippen MR) is 83.9 cm³/mol.